The van der Waals surface area contributed by atoms with E-state index in [1.54, 1.807) is 17.4 Å². The number of primary amides is 1. The molecule has 7 heteroatoms. The van der Waals surface area contributed by atoms with Gasteiger partial charge in [0, 0.05) is 0 Å². The van der Waals surface area contributed by atoms with E-state index in [-0.39, 0.29) is 12.2 Å². The molecule has 0 aliphatic rings. The molecule has 0 saturated carbocycles. The monoisotopic (exact) mass is 252 g/mol. The van der Waals surface area contributed by atoms with E-state index in [1.165, 1.54) is 12.1 Å². The number of esters is 1. The topological polar surface area (TPSA) is 119 Å². The third kappa shape index (κ3) is 4.22. The highest BCUT2D eigenvalue weighted by Gasteiger charge is 2.10. The quantitative estimate of drug-likeness (QED) is 0.626. The van der Waals surface area contributed by atoms with Crippen molar-refractivity contribution in [3.05, 3.63) is 35.4 Å². The van der Waals surface area contributed by atoms with Crippen LogP contribution < -0.4 is 11.1 Å². The number of hydrogen-bond acceptors (Lipinski definition) is 5. The van der Waals surface area contributed by atoms with E-state index in [4.69, 9.17) is 10.8 Å². The number of rotatable bonds is 4. The maximum atomic E-state index is 11.5. The fourth-order valence-electron chi connectivity index (χ4n) is 1.13. The van der Waals surface area contributed by atoms with Crippen molar-refractivity contribution in [3.8, 4) is 0 Å². The number of aliphatic hydroxyl groups excluding tert-OH is 1. The van der Waals surface area contributed by atoms with Crippen LogP contribution in [0, 0.1) is 0 Å². The molecule has 1 aromatic carbocycles. The molecule has 1 rings (SSSR count). The first-order chi connectivity index (χ1) is 8.52. The van der Waals surface area contributed by atoms with Crippen molar-refractivity contribution in [2.24, 2.45) is 5.73 Å². The molecule has 0 radical (unpaired) electrons. The van der Waals surface area contributed by atoms with Gasteiger partial charge in [-0.05, 0) is 17.7 Å². The summed E-state index contributed by atoms with van der Waals surface area (Å²) in [5.41, 5.74) is 5.59. The van der Waals surface area contributed by atoms with Gasteiger partial charge >= 0.3 is 12.0 Å². The summed E-state index contributed by atoms with van der Waals surface area (Å²) >= 11 is 0. The summed E-state index contributed by atoms with van der Waals surface area (Å²) in [7, 11) is 0. The molecule has 0 aliphatic heterocycles. The second-order valence-corrected chi connectivity index (χ2v) is 3.34. The fourth-order valence-corrected chi connectivity index (χ4v) is 1.13. The Labute approximate surface area is 103 Å². The molecule has 1 aromatic rings. The Morgan fingerprint density at radius 1 is 1.22 bits per heavy atom. The molecule has 3 amide bonds. The zero-order valence-electron chi connectivity index (χ0n) is 9.38. The van der Waals surface area contributed by atoms with Crippen LogP contribution in [0.1, 0.15) is 15.9 Å². The first-order valence-electron chi connectivity index (χ1n) is 4.99. The lowest BCUT2D eigenvalue weighted by Gasteiger charge is -2.04. The molecule has 0 spiro atoms. The van der Waals surface area contributed by atoms with Crippen molar-refractivity contribution in [1.29, 1.82) is 0 Å². The second-order valence-electron chi connectivity index (χ2n) is 3.34. The van der Waals surface area contributed by atoms with Gasteiger partial charge in [-0.3, -0.25) is 10.1 Å². The molecule has 0 aromatic heterocycles. The van der Waals surface area contributed by atoms with Gasteiger partial charge in [-0.1, -0.05) is 12.1 Å². The molecule has 96 valence electrons. The molecule has 0 heterocycles. The Morgan fingerprint density at radius 3 is 2.33 bits per heavy atom. The SMILES string of the molecule is NC(=O)NC(=O)COC(=O)c1ccc(CO)cc1. The summed E-state index contributed by atoms with van der Waals surface area (Å²) < 4.78 is 4.64. The molecule has 7 nitrogen and oxygen atoms in total. The number of carbonyl (C=O) groups excluding carboxylic acids is 3. The number of aliphatic hydroxyl groups is 1. The number of ether oxygens (including phenoxy) is 1. The van der Waals surface area contributed by atoms with Crippen LogP contribution in [0.4, 0.5) is 4.79 Å². The molecule has 0 unspecified atom stereocenters. The Morgan fingerprint density at radius 2 is 1.83 bits per heavy atom. The summed E-state index contributed by atoms with van der Waals surface area (Å²) in [4.78, 5) is 32.7. The van der Waals surface area contributed by atoms with E-state index >= 15 is 0 Å². The third-order valence-electron chi connectivity index (χ3n) is 1.97. The standard InChI is InChI=1S/C11H12N2O5/c12-11(17)13-9(15)6-18-10(16)8-3-1-7(5-14)2-4-8/h1-4,14H,5-6H2,(H3,12,13,15,17). The summed E-state index contributed by atoms with van der Waals surface area (Å²) in [6.45, 7) is -0.722. The first kappa shape index (κ1) is 13.7. The fraction of sp³-hybridized carbons (Fsp3) is 0.182. The lowest BCUT2D eigenvalue weighted by atomic mass is 10.1. The van der Waals surface area contributed by atoms with Crippen LogP contribution in [0.25, 0.3) is 0 Å². The zero-order valence-corrected chi connectivity index (χ0v) is 9.38. The molecule has 4 N–H and O–H groups in total. The number of benzene rings is 1. The van der Waals surface area contributed by atoms with Gasteiger partial charge in [-0.25, -0.2) is 9.59 Å². The maximum Gasteiger partial charge on any atom is 0.338 e. The Bertz CT molecular complexity index is 455. The average Bonchev–Trinajstić information content (AvgIpc) is 2.35. The molecule has 0 fully saturated rings. The molecule has 18 heavy (non-hydrogen) atoms. The minimum absolute atomic E-state index is 0.129. The van der Waals surface area contributed by atoms with Crippen molar-refractivity contribution in [2.75, 3.05) is 6.61 Å². The van der Waals surface area contributed by atoms with Crippen molar-refractivity contribution in [2.45, 2.75) is 6.61 Å². The van der Waals surface area contributed by atoms with Crippen LogP contribution in [0.3, 0.4) is 0 Å². The smallest absolute Gasteiger partial charge is 0.338 e. The van der Waals surface area contributed by atoms with Gasteiger partial charge in [0.25, 0.3) is 5.91 Å². The highest BCUT2D eigenvalue weighted by molar-refractivity contribution is 5.96. The number of carbonyl (C=O) groups is 3. The van der Waals surface area contributed by atoms with Gasteiger partial charge in [0.05, 0.1) is 12.2 Å². The first-order valence-corrected chi connectivity index (χ1v) is 4.99. The van der Waals surface area contributed by atoms with Crippen LogP contribution in [0.5, 0.6) is 0 Å². The van der Waals surface area contributed by atoms with E-state index in [0.717, 1.165) is 0 Å². The predicted molar refractivity (Wildman–Crippen MR) is 60.4 cm³/mol. The molecular weight excluding hydrogens is 240 g/mol. The zero-order chi connectivity index (χ0) is 13.5. The van der Waals surface area contributed by atoms with Gasteiger partial charge in [0.15, 0.2) is 6.61 Å². The van der Waals surface area contributed by atoms with E-state index in [1.807, 2.05) is 0 Å². The Kier molecular flexibility index (Phi) is 4.82. The largest absolute Gasteiger partial charge is 0.452 e. The number of hydrogen-bond donors (Lipinski definition) is 3. The van der Waals surface area contributed by atoms with E-state index in [2.05, 4.69) is 4.74 Å². The normalized spacial score (nSPS) is 9.61. The van der Waals surface area contributed by atoms with E-state index in [9.17, 15) is 14.4 Å². The Balaban J connectivity index is 2.49. The van der Waals surface area contributed by atoms with Crippen LogP contribution >= 0.6 is 0 Å². The molecular formula is C11H12N2O5. The second kappa shape index (κ2) is 6.36. The van der Waals surface area contributed by atoms with Crippen LogP contribution in [-0.2, 0) is 16.1 Å². The van der Waals surface area contributed by atoms with Crippen LogP contribution in [-0.4, -0.2) is 29.6 Å². The lowest BCUT2D eigenvalue weighted by molar-refractivity contribution is -0.123. The number of imide groups is 1. The molecule has 0 saturated heterocycles. The van der Waals surface area contributed by atoms with Gasteiger partial charge < -0.3 is 15.6 Å². The number of amides is 3. The Hall–Kier alpha value is -2.41. The number of nitrogens with two attached hydrogens (primary N) is 1. The average molecular weight is 252 g/mol. The minimum atomic E-state index is -1.01. The van der Waals surface area contributed by atoms with Crippen molar-refractivity contribution in [3.63, 3.8) is 0 Å². The number of nitrogens with one attached hydrogen (secondary N) is 1. The summed E-state index contributed by atoms with van der Waals surface area (Å²) in [5, 5.41) is 10.6. The summed E-state index contributed by atoms with van der Waals surface area (Å²) in [6, 6.07) is 5.02. The highest BCUT2D eigenvalue weighted by atomic mass is 16.5. The van der Waals surface area contributed by atoms with Crippen molar-refractivity contribution < 1.29 is 24.2 Å². The van der Waals surface area contributed by atoms with E-state index in [0.29, 0.717) is 5.56 Å². The van der Waals surface area contributed by atoms with Crippen molar-refractivity contribution in [1.82, 2.24) is 5.32 Å². The lowest BCUT2D eigenvalue weighted by Crippen LogP contribution is -2.37. The predicted octanol–water partition coefficient (Wildman–Crippen LogP) is -0.469. The van der Waals surface area contributed by atoms with Crippen molar-refractivity contribution >= 4 is 17.9 Å². The van der Waals surface area contributed by atoms with Gasteiger partial charge in [0.1, 0.15) is 0 Å². The minimum Gasteiger partial charge on any atom is -0.452 e. The molecule has 0 aliphatic carbocycles. The van der Waals surface area contributed by atoms with Gasteiger partial charge in [-0.15, -0.1) is 0 Å². The summed E-state index contributed by atoms with van der Waals surface area (Å²) in [5.74, 6) is -1.51. The molecule has 0 bridgehead atoms. The maximum absolute atomic E-state index is 11.5. The van der Waals surface area contributed by atoms with Gasteiger partial charge in [0.2, 0.25) is 0 Å². The van der Waals surface area contributed by atoms with Crippen LogP contribution in [0.2, 0.25) is 0 Å². The molecule has 0 atom stereocenters. The third-order valence-corrected chi connectivity index (χ3v) is 1.97. The van der Waals surface area contributed by atoms with E-state index < -0.39 is 24.5 Å². The summed E-state index contributed by atoms with van der Waals surface area (Å²) in [6.07, 6.45) is 0. The van der Waals surface area contributed by atoms with Crippen LogP contribution in [0.15, 0.2) is 24.3 Å². The highest BCUT2D eigenvalue weighted by Crippen LogP contribution is 2.05. The number of urea groups is 1. The van der Waals surface area contributed by atoms with Gasteiger partial charge in [-0.2, -0.15) is 0 Å².